The number of nitro benzene ring substituents is 1. The van der Waals surface area contributed by atoms with Crippen LogP contribution in [0.2, 0.25) is 5.02 Å². The van der Waals surface area contributed by atoms with E-state index in [1.165, 1.54) is 18.2 Å². The van der Waals surface area contributed by atoms with Gasteiger partial charge >= 0.3 is 5.97 Å². The van der Waals surface area contributed by atoms with E-state index in [4.69, 9.17) is 33.0 Å². The number of esters is 1. The highest BCUT2D eigenvalue weighted by atomic mass is 35.5. The zero-order valence-corrected chi connectivity index (χ0v) is 16.5. The quantitative estimate of drug-likeness (QED) is 0.324. The normalized spacial score (nSPS) is 16.4. The first kappa shape index (κ1) is 19.8. The van der Waals surface area contributed by atoms with Gasteiger partial charge in [-0.1, -0.05) is 11.6 Å². The molecule has 1 aromatic heterocycles. The molecule has 0 fully saturated rings. The molecule has 1 atom stereocenters. The van der Waals surface area contributed by atoms with Gasteiger partial charge in [0.25, 0.3) is 5.69 Å². The van der Waals surface area contributed by atoms with Gasteiger partial charge < -0.3 is 19.8 Å². The minimum absolute atomic E-state index is 0.110. The van der Waals surface area contributed by atoms with Crippen molar-refractivity contribution in [2.45, 2.75) is 19.9 Å². The molecule has 1 aliphatic heterocycles. The predicted molar refractivity (Wildman–Crippen MR) is 107 cm³/mol. The van der Waals surface area contributed by atoms with Crippen molar-refractivity contribution < 1.29 is 18.9 Å². The Morgan fingerprint density at radius 3 is 2.82 bits per heavy atom. The van der Waals surface area contributed by atoms with Crippen LogP contribution in [0.5, 0.6) is 0 Å². The predicted octanol–water partition coefficient (Wildman–Crippen LogP) is 3.86. The average molecular weight is 422 g/mol. The number of carbonyl (C=O) groups is 1. The van der Waals surface area contributed by atoms with Crippen molar-refractivity contribution in [3.05, 3.63) is 62.5 Å². The summed E-state index contributed by atoms with van der Waals surface area (Å²) in [7, 11) is 0. The van der Waals surface area contributed by atoms with Crippen molar-refractivity contribution in [1.29, 1.82) is 0 Å². The third-order valence-electron chi connectivity index (χ3n) is 4.10. The highest BCUT2D eigenvalue weighted by Gasteiger charge is 2.33. The lowest BCUT2D eigenvalue weighted by molar-refractivity contribution is -0.384. The number of nitrogens with one attached hydrogen (secondary N) is 2. The summed E-state index contributed by atoms with van der Waals surface area (Å²) in [6.07, 6.45) is 0. The molecule has 2 N–H and O–H groups in total. The van der Waals surface area contributed by atoms with E-state index in [0.29, 0.717) is 38.5 Å². The molecular weight excluding hydrogens is 406 g/mol. The monoisotopic (exact) mass is 421 g/mol. The van der Waals surface area contributed by atoms with Crippen LogP contribution in [0.4, 0.5) is 5.69 Å². The molecule has 0 radical (unpaired) electrons. The van der Waals surface area contributed by atoms with Gasteiger partial charge in [-0.15, -0.1) is 0 Å². The number of thiocarbonyl (C=S) groups is 1. The molecule has 146 valence electrons. The minimum Gasteiger partial charge on any atom is -0.463 e. The van der Waals surface area contributed by atoms with Crippen molar-refractivity contribution in [3.8, 4) is 11.3 Å². The van der Waals surface area contributed by atoms with E-state index < -0.39 is 16.9 Å². The van der Waals surface area contributed by atoms with E-state index in [-0.39, 0.29) is 12.3 Å². The highest BCUT2D eigenvalue weighted by molar-refractivity contribution is 7.80. The molecule has 2 heterocycles. The molecule has 1 aromatic carbocycles. The molecule has 2 aromatic rings. The summed E-state index contributed by atoms with van der Waals surface area (Å²) in [5, 5.41) is 17.6. The molecule has 10 heteroatoms. The minimum atomic E-state index is -0.668. The SMILES string of the molecule is CCOC(=O)C1=C(C)NC(=S)N[C@H]1c1ccc(-c2cc([N+](=O)[O-])ccc2Cl)o1. The molecular formula is C18H16ClN3O5S. The largest absolute Gasteiger partial charge is 0.463 e. The molecule has 0 amide bonds. The molecule has 0 saturated heterocycles. The number of ether oxygens (including phenoxy) is 1. The Labute approximate surface area is 170 Å². The molecule has 28 heavy (non-hydrogen) atoms. The number of hydrogen-bond donors (Lipinski definition) is 2. The van der Waals surface area contributed by atoms with Crippen LogP contribution in [-0.4, -0.2) is 22.6 Å². The molecule has 3 rings (SSSR count). The van der Waals surface area contributed by atoms with Crippen molar-refractivity contribution in [1.82, 2.24) is 10.6 Å². The van der Waals surface area contributed by atoms with Crippen LogP contribution in [0, 0.1) is 10.1 Å². The fourth-order valence-corrected chi connectivity index (χ4v) is 3.34. The van der Waals surface area contributed by atoms with Crippen LogP contribution in [0.25, 0.3) is 11.3 Å². The second-order valence-corrected chi connectivity index (χ2v) is 6.73. The van der Waals surface area contributed by atoms with Crippen molar-refractivity contribution >= 4 is 40.6 Å². The number of non-ortho nitro benzene ring substituents is 1. The van der Waals surface area contributed by atoms with Crippen LogP contribution in [0.3, 0.4) is 0 Å². The first-order chi connectivity index (χ1) is 13.3. The lowest BCUT2D eigenvalue weighted by Gasteiger charge is -2.28. The van der Waals surface area contributed by atoms with Crippen molar-refractivity contribution in [2.24, 2.45) is 0 Å². The molecule has 8 nitrogen and oxygen atoms in total. The Balaban J connectivity index is 2.02. The lowest BCUT2D eigenvalue weighted by atomic mass is 10.0. The summed E-state index contributed by atoms with van der Waals surface area (Å²) in [6, 6.07) is 6.70. The summed E-state index contributed by atoms with van der Waals surface area (Å²) in [6.45, 7) is 3.65. The molecule has 0 aliphatic carbocycles. The Morgan fingerprint density at radius 1 is 1.39 bits per heavy atom. The van der Waals surface area contributed by atoms with E-state index >= 15 is 0 Å². The Morgan fingerprint density at radius 2 is 2.14 bits per heavy atom. The number of furan rings is 1. The Kier molecular flexibility index (Phi) is 5.66. The third kappa shape index (κ3) is 3.85. The number of halogens is 1. The first-order valence-electron chi connectivity index (χ1n) is 8.31. The summed E-state index contributed by atoms with van der Waals surface area (Å²) < 4.78 is 11.0. The maximum Gasteiger partial charge on any atom is 0.338 e. The molecule has 0 unspecified atom stereocenters. The highest BCUT2D eigenvalue weighted by Crippen LogP contribution is 2.36. The third-order valence-corrected chi connectivity index (χ3v) is 4.65. The zero-order chi connectivity index (χ0) is 20.4. The van der Waals surface area contributed by atoms with E-state index in [2.05, 4.69) is 10.6 Å². The Bertz CT molecular complexity index is 1000. The van der Waals surface area contributed by atoms with Crippen molar-refractivity contribution in [3.63, 3.8) is 0 Å². The maximum atomic E-state index is 12.4. The van der Waals surface area contributed by atoms with Crippen LogP contribution in [0.1, 0.15) is 25.6 Å². The van der Waals surface area contributed by atoms with Gasteiger partial charge in [0, 0.05) is 23.4 Å². The number of carbonyl (C=O) groups excluding carboxylic acids is 1. The molecule has 0 bridgehead atoms. The molecule has 0 spiro atoms. The summed E-state index contributed by atoms with van der Waals surface area (Å²) in [5.41, 5.74) is 1.15. The standard InChI is InChI=1S/C18H16ClN3O5S/c1-3-26-17(23)15-9(2)20-18(28)21-16(15)14-7-6-13(27-14)11-8-10(22(24)25)4-5-12(11)19/h4-8,16H,3H2,1-2H3,(H2,20,21,28)/t16-/m0/s1. The van der Waals surface area contributed by atoms with Crippen LogP contribution < -0.4 is 10.6 Å². The van der Waals surface area contributed by atoms with Gasteiger partial charge in [0.05, 0.1) is 22.1 Å². The number of rotatable bonds is 5. The number of nitro groups is 1. The summed E-state index contributed by atoms with van der Waals surface area (Å²) in [4.78, 5) is 22.9. The van der Waals surface area contributed by atoms with Gasteiger partial charge in [0.2, 0.25) is 0 Å². The summed E-state index contributed by atoms with van der Waals surface area (Å²) >= 11 is 11.4. The number of hydrogen-bond acceptors (Lipinski definition) is 6. The maximum absolute atomic E-state index is 12.4. The number of allylic oxidation sites excluding steroid dienone is 1. The van der Waals surface area contributed by atoms with Crippen LogP contribution in [0.15, 0.2) is 46.0 Å². The van der Waals surface area contributed by atoms with Crippen LogP contribution in [-0.2, 0) is 9.53 Å². The molecule has 1 aliphatic rings. The van der Waals surface area contributed by atoms with E-state index in [1.807, 2.05) is 0 Å². The van der Waals surface area contributed by atoms with Gasteiger partial charge in [-0.3, -0.25) is 10.1 Å². The van der Waals surface area contributed by atoms with Gasteiger partial charge in [0.15, 0.2) is 5.11 Å². The topological polar surface area (TPSA) is 107 Å². The zero-order valence-electron chi connectivity index (χ0n) is 14.9. The fraction of sp³-hybridized carbons (Fsp3) is 0.222. The Hall–Kier alpha value is -2.91. The molecule has 0 saturated carbocycles. The van der Waals surface area contributed by atoms with Crippen LogP contribution >= 0.6 is 23.8 Å². The van der Waals surface area contributed by atoms with E-state index in [9.17, 15) is 14.9 Å². The van der Waals surface area contributed by atoms with Gasteiger partial charge in [-0.2, -0.15) is 0 Å². The summed E-state index contributed by atoms with van der Waals surface area (Å²) in [5.74, 6) is 0.221. The van der Waals surface area contributed by atoms with Gasteiger partial charge in [0.1, 0.15) is 17.6 Å². The number of benzene rings is 1. The second kappa shape index (κ2) is 7.99. The van der Waals surface area contributed by atoms with E-state index in [1.54, 1.807) is 26.0 Å². The average Bonchev–Trinajstić information content (AvgIpc) is 3.11. The van der Waals surface area contributed by atoms with Gasteiger partial charge in [-0.25, -0.2) is 4.79 Å². The van der Waals surface area contributed by atoms with Gasteiger partial charge in [-0.05, 0) is 44.3 Å². The van der Waals surface area contributed by atoms with Crippen molar-refractivity contribution in [2.75, 3.05) is 6.61 Å². The number of nitrogens with zero attached hydrogens (tertiary/aromatic N) is 1. The first-order valence-corrected chi connectivity index (χ1v) is 9.10. The fourth-order valence-electron chi connectivity index (χ4n) is 2.86. The lowest BCUT2D eigenvalue weighted by Crippen LogP contribution is -2.45. The smallest absolute Gasteiger partial charge is 0.338 e. The second-order valence-electron chi connectivity index (χ2n) is 5.91. The van der Waals surface area contributed by atoms with E-state index in [0.717, 1.165) is 0 Å².